The topological polar surface area (TPSA) is 124 Å². The zero-order valence-corrected chi connectivity index (χ0v) is 9.37. The summed E-state index contributed by atoms with van der Waals surface area (Å²) in [6.45, 7) is 3.11. The van der Waals surface area contributed by atoms with Gasteiger partial charge >= 0.3 is 5.97 Å². The smallest absolute Gasteiger partial charge is 0.333 e. The fourth-order valence-corrected chi connectivity index (χ4v) is 0.854. The molecular formula is C10H16O7. The number of hydrogen-bond acceptors (Lipinski definition) is 7. The molecule has 0 bridgehead atoms. The predicted molar refractivity (Wildman–Crippen MR) is 55.9 cm³/mol. The summed E-state index contributed by atoms with van der Waals surface area (Å²) in [4.78, 5) is 22.1. The van der Waals surface area contributed by atoms with Crippen molar-refractivity contribution in [1.82, 2.24) is 0 Å². The third-order valence-corrected chi connectivity index (χ3v) is 1.93. The molecule has 0 fully saturated rings. The maximum atomic E-state index is 11.2. The van der Waals surface area contributed by atoms with Crippen LogP contribution in [-0.2, 0) is 14.3 Å². The lowest BCUT2D eigenvalue weighted by Crippen LogP contribution is -2.45. The zero-order chi connectivity index (χ0) is 13.6. The van der Waals surface area contributed by atoms with E-state index >= 15 is 0 Å². The van der Waals surface area contributed by atoms with Gasteiger partial charge in [-0.25, -0.2) is 4.79 Å². The number of ether oxygens (including phenoxy) is 1. The van der Waals surface area contributed by atoms with E-state index in [1.165, 1.54) is 6.92 Å². The lowest BCUT2D eigenvalue weighted by Gasteiger charge is -2.20. The number of Topliss-reactive ketones (excluding diaryl/α,β-unsaturated/α-hetero) is 1. The number of ketones is 1. The first kappa shape index (κ1) is 15.7. The van der Waals surface area contributed by atoms with Crippen molar-refractivity contribution in [2.45, 2.75) is 25.2 Å². The Kier molecular flexibility index (Phi) is 6.59. The molecule has 0 aromatic carbocycles. The Hall–Kier alpha value is -1.28. The number of hydrogen-bond donors (Lipinski definition) is 4. The Balaban J connectivity index is 4.23. The Morgan fingerprint density at radius 2 is 1.82 bits per heavy atom. The predicted octanol–water partition coefficient (Wildman–Crippen LogP) is -2.25. The summed E-state index contributed by atoms with van der Waals surface area (Å²) in [6, 6.07) is 0. The van der Waals surface area contributed by atoms with Crippen LogP contribution in [0.15, 0.2) is 12.2 Å². The minimum Gasteiger partial charge on any atom is -0.454 e. The maximum absolute atomic E-state index is 11.2. The second-order valence-electron chi connectivity index (χ2n) is 3.51. The Morgan fingerprint density at radius 3 is 2.24 bits per heavy atom. The Bertz CT molecular complexity index is 299. The van der Waals surface area contributed by atoms with E-state index in [1.807, 2.05) is 0 Å². The highest BCUT2D eigenvalue weighted by Crippen LogP contribution is 2.02. The third kappa shape index (κ3) is 5.05. The summed E-state index contributed by atoms with van der Waals surface area (Å²) < 4.78 is 4.45. The molecule has 0 saturated carbocycles. The summed E-state index contributed by atoms with van der Waals surface area (Å²) in [7, 11) is 0. The number of carbonyl (C=O) groups excluding carboxylic acids is 2. The Morgan fingerprint density at radius 1 is 1.29 bits per heavy atom. The summed E-state index contributed by atoms with van der Waals surface area (Å²) in [5.41, 5.74) is 0.0863. The number of aliphatic hydroxyl groups is 4. The molecule has 0 heterocycles. The average Bonchev–Trinajstić information content (AvgIpc) is 2.32. The number of carbonyl (C=O) groups is 2. The van der Waals surface area contributed by atoms with Crippen LogP contribution >= 0.6 is 0 Å². The van der Waals surface area contributed by atoms with Crippen LogP contribution in [0.4, 0.5) is 0 Å². The minimum atomic E-state index is -1.94. The van der Waals surface area contributed by atoms with Crippen molar-refractivity contribution < 1.29 is 34.8 Å². The normalized spacial score (nSPS) is 15.8. The molecule has 0 saturated heterocycles. The molecule has 0 aliphatic rings. The van der Waals surface area contributed by atoms with E-state index in [4.69, 9.17) is 10.2 Å². The molecule has 17 heavy (non-hydrogen) atoms. The van der Waals surface area contributed by atoms with E-state index < -0.39 is 43.3 Å². The van der Waals surface area contributed by atoms with Crippen LogP contribution in [0.1, 0.15) is 6.92 Å². The summed E-state index contributed by atoms with van der Waals surface area (Å²) in [5, 5.41) is 35.9. The fourth-order valence-electron chi connectivity index (χ4n) is 0.854. The molecule has 0 aliphatic carbocycles. The van der Waals surface area contributed by atoms with Gasteiger partial charge in [-0.15, -0.1) is 0 Å². The first-order valence-corrected chi connectivity index (χ1v) is 4.81. The van der Waals surface area contributed by atoms with Crippen LogP contribution in [0.25, 0.3) is 0 Å². The quantitative estimate of drug-likeness (QED) is 0.296. The van der Waals surface area contributed by atoms with Crippen molar-refractivity contribution in [1.29, 1.82) is 0 Å². The average molecular weight is 248 g/mol. The molecule has 0 spiro atoms. The molecule has 0 rings (SSSR count). The van der Waals surface area contributed by atoms with Gasteiger partial charge in [-0.2, -0.15) is 0 Å². The lowest BCUT2D eigenvalue weighted by molar-refractivity contribution is -0.152. The fraction of sp³-hybridized carbons (Fsp3) is 0.600. The molecular weight excluding hydrogens is 232 g/mol. The highest BCUT2D eigenvalue weighted by atomic mass is 16.5. The van der Waals surface area contributed by atoms with Crippen molar-refractivity contribution in [3.8, 4) is 0 Å². The van der Waals surface area contributed by atoms with Gasteiger partial charge in [0.05, 0.1) is 6.61 Å². The van der Waals surface area contributed by atoms with Gasteiger partial charge in [0.2, 0.25) is 5.78 Å². The number of aliphatic hydroxyl groups excluding tert-OH is 4. The van der Waals surface area contributed by atoms with Crippen molar-refractivity contribution in [3.63, 3.8) is 0 Å². The van der Waals surface area contributed by atoms with Gasteiger partial charge in [-0.1, -0.05) is 6.58 Å². The van der Waals surface area contributed by atoms with Crippen molar-refractivity contribution in [3.05, 3.63) is 12.2 Å². The molecule has 0 aromatic heterocycles. The molecule has 98 valence electrons. The van der Waals surface area contributed by atoms with Crippen molar-refractivity contribution in [2.24, 2.45) is 0 Å². The summed E-state index contributed by atoms with van der Waals surface area (Å²) in [6.07, 6.45) is -5.42. The van der Waals surface area contributed by atoms with E-state index in [2.05, 4.69) is 11.3 Å². The van der Waals surface area contributed by atoms with Gasteiger partial charge in [0, 0.05) is 5.57 Å². The second-order valence-corrected chi connectivity index (χ2v) is 3.51. The molecule has 0 aliphatic heterocycles. The zero-order valence-electron chi connectivity index (χ0n) is 9.37. The molecule has 0 radical (unpaired) electrons. The highest BCUT2D eigenvalue weighted by Gasteiger charge is 2.30. The van der Waals surface area contributed by atoms with Gasteiger partial charge in [0.25, 0.3) is 0 Å². The van der Waals surface area contributed by atoms with Crippen LogP contribution in [0.5, 0.6) is 0 Å². The largest absolute Gasteiger partial charge is 0.454 e. The molecule has 0 unspecified atom stereocenters. The summed E-state index contributed by atoms with van der Waals surface area (Å²) in [5.74, 6) is -1.79. The van der Waals surface area contributed by atoms with Gasteiger partial charge in [-0.05, 0) is 6.92 Å². The van der Waals surface area contributed by atoms with Crippen LogP contribution in [-0.4, -0.2) is 63.7 Å². The monoisotopic (exact) mass is 248 g/mol. The van der Waals surface area contributed by atoms with Gasteiger partial charge in [-0.3, -0.25) is 4.79 Å². The first-order valence-electron chi connectivity index (χ1n) is 4.81. The van der Waals surface area contributed by atoms with Crippen LogP contribution in [0.2, 0.25) is 0 Å². The standard InChI is InChI=1S/C10H16O7/c1-5(2)10(16)17-4-7(13)9(15)8(14)6(12)3-11/h6,8-9,11-12,14-15H,1,3-4H2,2H3/t6-,8-,9-/m1/s1. The highest BCUT2D eigenvalue weighted by molar-refractivity contribution is 5.91. The molecule has 4 N–H and O–H groups in total. The molecule has 7 heteroatoms. The van der Waals surface area contributed by atoms with E-state index in [9.17, 15) is 19.8 Å². The van der Waals surface area contributed by atoms with E-state index in [1.54, 1.807) is 0 Å². The minimum absolute atomic E-state index is 0.0863. The second kappa shape index (κ2) is 7.13. The number of esters is 1. The van der Waals surface area contributed by atoms with Gasteiger partial charge in [0.1, 0.15) is 18.3 Å². The SMILES string of the molecule is C=C(C)C(=O)OCC(=O)[C@@H](O)[C@H](O)[C@H](O)CO. The molecule has 7 nitrogen and oxygen atoms in total. The molecule has 0 amide bonds. The first-order chi connectivity index (χ1) is 7.81. The lowest BCUT2D eigenvalue weighted by atomic mass is 10.1. The van der Waals surface area contributed by atoms with E-state index in [-0.39, 0.29) is 5.57 Å². The Labute approximate surface area is 97.9 Å². The van der Waals surface area contributed by atoms with Crippen LogP contribution in [0, 0.1) is 0 Å². The van der Waals surface area contributed by atoms with Crippen molar-refractivity contribution in [2.75, 3.05) is 13.2 Å². The van der Waals surface area contributed by atoms with Crippen LogP contribution in [0.3, 0.4) is 0 Å². The maximum Gasteiger partial charge on any atom is 0.333 e. The molecule has 3 atom stereocenters. The summed E-state index contributed by atoms with van der Waals surface area (Å²) >= 11 is 0. The third-order valence-electron chi connectivity index (χ3n) is 1.93. The van der Waals surface area contributed by atoms with E-state index in [0.717, 1.165) is 0 Å². The van der Waals surface area contributed by atoms with Gasteiger partial charge < -0.3 is 25.2 Å². The number of rotatable bonds is 7. The van der Waals surface area contributed by atoms with Crippen molar-refractivity contribution >= 4 is 11.8 Å². The van der Waals surface area contributed by atoms with Crippen LogP contribution < -0.4 is 0 Å². The van der Waals surface area contributed by atoms with E-state index in [0.29, 0.717) is 0 Å². The van der Waals surface area contributed by atoms with Gasteiger partial charge in [0.15, 0.2) is 6.61 Å². The molecule has 0 aromatic rings.